The molecule has 0 amide bonds. The lowest BCUT2D eigenvalue weighted by atomic mass is 10.1. The number of aromatic amines is 1. The van der Waals surface area contributed by atoms with Gasteiger partial charge in [-0.3, -0.25) is 14.3 Å². The average Bonchev–Trinajstić information content (AvgIpc) is 3.49. The molecule has 0 bridgehead atoms. The summed E-state index contributed by atoms with van der Waals surface area (Å²) in [4.78, 5) is 79.6. The maximum absolute atomic E-state index is 12.9. The molecule has 1 aliphatic heterocycles. The molecular formula is C35H35BrCl2N2O13. The van der Waals surface area contributed by atoms with Gasteiger partial charge in [0.05, 0.1) is 5.56 Å². The number of hydrogen-bond acceptors (Lipinski definition) is 13. The molecule has 3 aromatic rings. The fourth-order valence-corrected chi connectivity index (χ4v) is 5.28. The van der Waals surface area contributed by atoms with Gasteiger partial charge < -0.3 is 33.2 Å². The Hall–Kier alpha value is -4.64. The van der Waals surface area contributed by atoms with Gasteiger partial charge in [-0.25, -0.2) is 24.0 Å². The standard InChI is InChI=1S/C35H35BrCl2N2O13/c1-34(2,52-23-9-5-21(37)6-10-23)31(44)48-18-28(41)47-17-26-25(15-27(50-26)40-16-20(13-14-36)30(43)39-33(40)46)51-29(42)19-49-32(45)35(3,4)53-24-11-7-22(38)8-12-24/h5-14,16,25-27H,15,17-19H2,1-4H3,(H,39,43,46)/b14-13+/t25?,26-,27-/m0/s1. The molecule has 18 heteroatoms. The Kier molecular flexibility index (Phi) is 13.9. The maximum atomic E-state index is 12.9. The predicted octanol–water partition coefficient (Wildman–Crippen LogP) is 4.75. The van der Waals surface area contributed by atoms with Crippen LogP contribution in [0.5, 0.6) is 11.5 Å². The van der Waals surface area contributed by atoms with Crippen molar-refractivity contribution in [3.8, 4) is 11.5 Å². The van der Waals surface area contributed by atoms with E-state index in [0.717, 1.165) is 4.57 Å². The second kappa shape index (κ2) is 17.9. The van der Waals surface area contributed by atoms with E-state index in [-0.39, 0.29) is 12.0 Å². The van der Waals surface area contributed by atoms with Gasteiger partial charge in [-0.2, -0.15) is 0 Å². The van der Waals surface area contributed by atoms with E-state index in [2.05, 4.69) is 20.9 Å². The van der Waals surface area contributed by atoms with Crippen LogP contribution in [0.25, 0.3) is 6.08 Å². The molecule has 0 spiro atoms. The molecule has 1 unspecified atom stereocenters. The maximum Gasteiger partial charge on any atom is 0.350 e. The van der Waals surface area contributed by atoms with E-state index in [4.69, 9.17) is 56.4 Å². The van der Waals surface area contributed by atoms with E-state index in [9.17, 15) is 28.8 Å². The molecule has 0 aliphatic carbocycles. The van der Waals surface area contributed by atoms with Gasteiger partial charge in [0, 0.05) is 22.7 Å². The first kappa shape index (κ1) is 41.1. The number of carbonyl (C=O) groups excluding carboxylic acids is 4. The van der Waals surface area contributed by atoms with Crippen LogP contribution in [-0.4, -0.2) is 76.7 Å². The van der Waals surface area contributed by atoms with Crippen LogP contribution in [-0.2, 0) is 42.9 Å². The van der Waals surface area contributed by atoms with E-state index in [0.29, 0.717) is 21.5 Å². The smallest absolute Gasteiger partial charge is 0.350 e. The van der Waals surface area contributed by atoms with Gasteiger partial charge in [0.15, 0.2) is 24.4 Å². The normalized spacial score (nSPS) is 17.2. The number of H-pyrrole nitrogens is 1. The van der Waals surface area contributed by atoms with Gasteiger partial charge in [0.1, 0.15) is 36.5 Å². The summed E-state index contributed by atoms with van der Waals surface area (Å²) in [6.07, 6.45) is -0.878. The predicted molar refractivity (Wildman–Crippen MR) is 193 cm³/mol. The van der Waals surface area contributed by atoms with E-state index >= 15 is 0 Å². The minimum absolute atomic E-state index is 0.105. The van der Waals surface area contributed by atoms with Crippen molar-refractivity contribution in [2.45, 2.75) is 63.8 Å². The molecule has 1 aliphatic rings. The molecule has 0 radical (unpaired) electrons. The highest BCUT2D eigenvalue weighted by Gasteiger charge is 2.41. The first-order chi connectivity index (χ1) is 25.0. The summed E-state index contributed by atoms with van der Waals surface area (Å²) < 4.78 is 39.5. The van der Waals surface area contributed by atoms with Gasteiger partial charge >= 0.3 is 29.6 Å². The second-order valence-corrected chi connectivity index (χ2v) is 13.8. The third kappa shape index (κ3) is 11.7. The minimum atomic E-state index is -1.50. The molecule has 3 atom stereocenters. The van der Waals surface area contributed by atoms with E-state index < -0.39 is 84.6 Å². The van der Waals surface area contributed by atoms with Crippen molar-refractivity contribution in [2.24, 2.45) is 0 Å². The van der Waals surface area contributed by atoms with Crippen LogP contribution >= 0.6 is 39.1 Å². The number of rotatable bonds is 15. The van der Waals surface area contributed by atoms with Gasteiger partial charge in [-0.05, 0) is 87.3 Å². The molecule has 4 rings (SSSR count). The van der Waals surface area contributed by atoms with Crippen LogP contribution in [0.15, 0.2) is 69.3 Å². The summed E-state index contributed by atoms with van der Waals surface area (Å²) in [6, 6.07) is 12.6. The summed E-state index contributed by atoms with van der Waals surface area (Å²) >= 11 is 14.9. The lowest BCUT2D eigenvalue weighted by Crippen LogP contribution is -2.41. The first-order valence-corrected chi connectivity index (χ1v) is 17.5. The van der Waals surface area contributed by atoms with E-state index in [1.807, 2.05) is 0 Å². The third-order valence-corrected chi connectivity index (χ3v) is 8.19. The van der Waals surface area contributed by atoms with Crippen molar-refractivity contribution >= 4 is 69.1 Å². The Morgan fingerprint density at radius 3 is 1.87 bits per heavy atom. The number of nitrogens with zero attached hydrogens (tertiary/aromatic N) is 1. The second-order valence-electron chi connectivity index (χ2n) is 12.4. The van der Waals surface area contributed by atoms with Crippen LogP contribution in [0.2, 0.25) is 10.0 Å². The molecule has 2 aromatic carbocycles. The summed E-state index contributed by atoms with van der Waals surface area (Å²) in [7, 11) is 0. The number of esters is 4. The number of hydrogen-bond donors (Lipinski definition) is 1. The quantitative estimate of drug-likeness (QED) is 0.163. The fraction of sp³-hybridized carbons (Fsp3) is 0.371. The third-order valence-electron chi connectivity index (χ3n) is 7.42. The summed E-state index contributed by atoms with van der Waals surface area (Å²) in [5, 5.41) is 0.943. The molecule has 0 saturated carbocycles. The van der Waals surface area contributed by atoms with Crippen LogP contribution in [0.1, 0.15) is 45.9 Å². The van der Waals surface area contributed by atoms with Crippen molar-refractivity contribution in [1.82, 2.24) is 9.55 Å². The number of benzene rings is 2. The summed E-state index contributed by atoms with van der Waals surface area (Å²) in [5.41, 5.74) is -4.35. The van der Waals surface area contributed by atoms with Crippen molar-refractivity contribution < 1.29 is 52.3 Å². The van der Waals surface area contributed by atoms with Crippen LogP contribution in [0, 0.1) is 0 Å². The molecule has 1 saturated heterocycles. The van der Waals surface area contributed by atoms with Crippen LogP contribution < -0.4 is 20.7 Å². The fourth-order valence-electron chi connectivity index (χ4n) is 4.74. The zero-order valence-electron chi connectivity index (χ0n) is 28.8. The van der Waals surface area contributed by atoms with Crippen LogP contribution in [0.3, 0.4) is 0 Å². The lowest BCUT2D eigenvalue weighted by molar-refractivity contribution is -0.174. The van der Waals surface area contributed by atoms with Crippen molar-refractivity contribution in [3.63, 3.8) is 0 Å². The monoisotopic (exact) mass is 840 g/mol. The SMILES string of the molecule is CC(C)(Oc1ccc(Cl)cc1)C(=O)OCC(=O)OC[C@@H]1O[C@H](n2cc(/C=C/Br)c(=O)[nH]c2=O)CC1OC(=O)COC(=O)C(C)(C)Oc1ccc(Cl)cc1. The highest BCUT2D eigenvalue weighted by atomic mass is 79.9. The number of ether oxygens (including phenoxy) is 7. The van der Waals surface area contributed by atoms with Crippen molar-refractivity contribution in [1.29, 1.82) is 0 Å². The molecule has 15 nitrogen and oxygen atoms in total. The van der Waals surface area contributed by atoms with Crippen LogP contribution in [0.4, 0.5) is 0 Å². The number of carbonyl (C=O) groups is 4. The first-order valence-electron chi connectivity index (χ1n) is 15.8. The van der Waals surface area contributed by atoms with Crippen molar-refractivity contribution in [2.75, 3.05) is 19.8 Å². The van der Waals surface area contributed by atoms with E-state index in [1.54, 1.807) is 48.5 Å². The Labute approximate surface area is 321 Å². The molecule has 1 fully saturated rings. The Balaban J connectivity index is 1.39. The molecule has 1 aromatic heterocycles. The van der Waals surface area contributed by atoms with Gasteiger partial charge in [-0.15, -0.1) is 0 Å². The molecule has 284 valence electrons. The zero-order chi connectivity index (χ0) is 38.9. The molecule has 2 heterocycles. The molecular weight excluding hydrogens is 807 g/mol. The molecule has 1 N–H and O–H groups in total. The minimum Gasteiger partial charge on any atom is -0.476 e. The Bertz CT molecular complexity index is 1940. The summed E-state index contributed by atoms with van der Waals surface area (Å²) in [5.74, 6) is -3.02. The average molecular weight is 842 g/mol. The Morgan fingerprint density at radius 2 is 1.36 bits per heavy atom. The number of halogens is 3. The molecule has 53 heavy (non-hydrogen) atoms. The highest BCUT2D eigenvalue weighted by Crippen LogP contribution is 2.31. The number of aromatic nitrogens is 2. The summed E-state index contributed by atoms with van der Waals surface area (Å²) in [6.45, 7) is 3.67. The van der Waals surface area contributed by atoms with E-state index in [1.165, 1.54) is 45.0 Å². The lowest BCUT2D eigenvalue weighted by Gasteiger charge is -2.24. The largest absolute Gasteiger partial charge is 0.476 e. The zero-order valence-corrected chi connectivity index (χ0v) is 31.9. The van der Waals surface area contributed by atoms with Gasteiger partial charge in [-0.1, -0.05) is 39.1 Å². The van der Waals surface area contributed by atoms with Crippen molar-refractivity contribution in [3.05, 3.63) is 96.2 Å². The topological polar surface area (TPSA) is 188 Å². The Morgan fingerprint density at radius 1 is 0.849 bits per heavy atom. The number of nitrogens with one attached hydrogen (secondary N) is 1. The van der Waals surface area contributed by atoms with Gasteiger partial charge in [0.25, 0.3) is 5.56 Å². The highest BCUT2D eigenvalue weighted by molar-refractivity contribution is 9.11. The van der Waals surface area contributed by atoms with Gasteiger partial charge in [0.2, 0.25) is 0 Å².